The van der Waals surface area contributed by atoms with Crippen LogP contribution in [0.1, 0.15) is 48.3 Å². The van der Waals surface area contributed by atoms with Gasteiger partial charge in [0.2, 0.25) is 0 Å². The number of benzene rings is 2. The molecule has 3 rings (SSSR count). The fraction of sp³-hybridized carbons (Fsp3) is 0.375. The van der Waals surface area contributed by atoms with E-state index in [1.165, 1.54) is 0 Å². The van der Waals surface area contributed by atoms with E-state index in [0.717, 1.165) is 59.3 Å². The van der Waals surface area contributed by atoms with E-state index in [2.05, 4.69) is 23.3 Å². The third-order valence-corrected chi connectivity index (χ3v) is 5.71. The van der Waals surface area contributed by atoms with Crippen LogP contribution in [0.3, 0.4) is 0 Å². The SMILES string of the molecule is CCCCN(CC)CC(=O)c1c(C)n(-c2ccc(Cl)cc2)c2cc(CO)ccc12. The van der Waals surface area contributed by atoms with Gasteiger partial charge in [-0.3, -0.25) is 9.69 Å². The molecule has 0 bridgehead atoms. The molecule has 0 radical (unpaired) electrons. The molecule has 2 aromatic carbocycles. The predicted molar refractivity (Wildman–Crippen MR) is 120 cm³/mol. The van der Waals surface area contributed by atoms with Crippen molar-refractivity contribution in [2.45, 2.75) is 40.2 Å². The summed E-state index contributed by atoms with van der Waals surface area (Å²) < 4.78 is 2.08. The van der Waals surface area contributed by atoms with Gasteiger partial charge in [0, 0.05) is 27.4 Å². The number of likely N-dealkylation sites (N-methyl/N-ethyl adjacent to an activating group) is 1. The largest absolute Gasteiger partial charge is 0.392 e. The van der Waals surface area contributed by atoms with E-state index < -0.39 is 0 Å². The maximum Gasteiger partial charge on any atom is 0.179 e. The lowest BCUT2D eigenvalue weighted by Crippen LogP contribution is -2.31. The van der Waals surface area contributed by atoms with Gasteiger partial charge in [0.15, 0.2) is 5.78 Å². The van der Waals surface area contributed by atoms with Crippen LogP contribution in [0.25, 0.3) is 16.6 Å². The number of Topliss-reactive ketones (excluding diaryl/α,β-unsaturated/α-hetero) is 1. The Hall–Kier alpha value is -2.14. The molecule has 154 valence electrons. The third-order valence-electron chi connectivity index (χ3n) is 5.46. The fourth-order valence-corrected chi connectivity index (χ4v) is 3.97. The second kappa shape index (κ2) is 9.57. The minimum absolute atomic E-state index is 0.0370. The summed E-state index contributed by atoms with van der Waals surface area (Å²) in [4.78, 5) is 15.5. The maximum atomic E-state index is 13.3. The molecule has 1 aromatic heterocycles. The number of aliphatic hydroxyl groups is 1. The molecule has 1 heterocycles. The lowest BCUT2D eigenvalue weighted by atomic mass is 10.0. The lowest BCUT2D eigenvalue weighted by Gasteiger charge is -2.19. The number of halogens is 1. The van der Waals surface area contributed by atoms with Crippen LogP contribution in [0.15, 0.2) is 42.5 Å². The summed E-state index contributed by atoms with van der Waals surface area (Å²) >= 11 is 6.07. The number of carbonyl (C=O) groups excluding carboxylic acids is 1. The molecular formula is C24H29ClN2O2. The van der Waals surface area contributed by atoms with Gasteiger partial charge in [-0.15, -0.1) is 0 Å². The highest BCUT2D eigenvalue weighted by molar-refractivity contribution is 6.30. The zero-order chi connectivity index (χ0) is 21.0. The average molecular weight is 413 g/mol. The van der Waals surface area contributed by atoms with Gasteiger partial charge in [0.25, 0.3) is 0 Å². The number of aliphatic hydroxyl groups excluding tert-OH is 1. The zero-order valence-electron chi connectivity index (χ0n) is 17.4. The fourth-order valence-electron chi connectivity index (χ4n) is 3.85. The molecule has 0 amide bonds. The number of rotatable bonds is 9. The Morgan fingerprint density at radius 3 is 2.48 bits per heavy atom. The van der Waals surface area contributed by atoms with Crippen molar-refractivity contribution in [3.63, 3.8) is 0 Å². The first-order valence-corrected chi connectivity index (χ1v) is 10.6. The van der Waals surface area contributed by atoms with Gasteiger partial charge in [-0.2, -0.15) is 0 Å². The number of ketones is 1. The highest BCUT2D eigenvalue weighted by Crippen LogP contribution is 2.31. The van der Waals surface area contributed by atoms with Crippen LogP contribution in [0.4, 0.5) is 0 Å². The van der Waals surface area contributed by atoms with Crippen LogP contribution in [0.5, 0.6) is 0 Å². The minimum Gasteiger partial charge on any atom is -0.392 e. The Morgan fingerprint density at radius 1 is 1.14 bits per heavy atom. The summed E-state index contributed by atoms with van der Waals surface area (Å²) in [5, 5.41) is 11.2. The van der Waals surface area contributed by atoms with Crippen molar-refractivity contribution in [2.24, 2.45) is 0 Å². The molecule has 0 spiro atoms. The minimum atomic E-state index is -0.0370. The van der Waals surface area contributed by atoms with Gasteiger partial charge in [0.1, 0.15) is 0 Å². The van der Waals surface area contributed by atoms with Gasteiger partial charge in [-0.1, -0.05) is 44.0 Å². The van der Waals surface area contributed by atoms with Crippen molar-refractivity contribution < 1.29 is 9.90 Å². The molecule has 4 nitrogen and oxygen atoms in total. The average Bonchev–Trinajstić information content (AvgIpc) is 3.02. The van der Waals surface area contributed by atoms with E-state index in [4.69, 9.17) is 11.6 Å². The molecule has 5 heteroatoms. The molecule has 1 N–H and O–H groups in total. The maximum absolute atomic E-state index is 13.3. The van der Waals surface area contributed by atoms with Crippen molar-refractivity contribution in [3.05, 3.63) is 64.3 Å². The molecule has 0 atom stereocenters. The van der Waals surface area contributed by atoms with E-state index in [9.17, 15) is 9.90 Å². The smallest absolute Gasteiger partial charge is 0.179 e. The van der Waals surface area contributed by atoms with Crippen molar-refractivity contribution >= 4 is 28.3 Å². The summed E-state index contributed by atoms with van der Waals surface area (Å²) in [5.74, 6) is 0.134. The Bertz CT molecular complexity index is 992. The highest BCUT2D eigenvalue weighted by atomic mass is 35.5. The standard InChI is InChI=1S/C24H29ClN2O2/c1-4-6-13-26(5-2)15-23(29)24-17(3)27(20-10-8-19(25)9-11-20)22-14-18(16-28)7-12-21(22)24/h7-12,14,28H,4-6,13,15-16H2,1-3H3. The molecule has 3 aromatic rings. The monoisotopic (exact) mass is 412 g/mol. The molecule has 0 aliphatic rings. The highest BCUT2D eigenvalue weighted by Gasteiger charge is 2.22. The first-order valence-electron chi connectivity index (χ1n) is 10.3. The van der Waals surface area contributed by atoms with Crippen molar-refractivity contribution in [3.8, 4) is 5.69 Å². The van der Waals surface area contributed by atoms with Crippen LogP contribution >= 0.6 is 11.6 Å². The number of aromatic nitrogens is 1. The number of fused-ring (bicyclic) bond motifs is 1. The Kier molecular flexibility index (Phi) is 7.12. The van der Waals surface area contributed by atoms with E-state index >= 15 is 0 Å². The predicted octanol–water partition coefficient (Wildman–Crippen LogP) is 5.39. The zero-order valence-corrected chi connectivity index (χ0v) is 18.2. The van der Waals surface area contributed by atoms with Gasteiger partial charge in [-0.05, 0) is 62.3 Å². The normalized spacial score (nSPS) is 11.5. The summed E-state index contributed by atoms with van der Waals surface area (Å²) in [6, 6.07) is 13.4. The topological polar surface area (TPSA) is 45.5 Å². The second-order valence-electron chi connectivity index (χ2n) is 7.43. The molecule has 29 heavy (non-hydrogen) atoms. The summed E-state index contributed by atoms with van der Waals surface area (Å²) in [5.41, 5.74) is 4.37. The number of carbonyl (C=O) groups is 1. The van der Waals surface area contributed by atoms with E-state index in [0.29, 0.717) is 11.6 Å². The van der Waals surface area contributed by atoms with Gasteiger partial charge >= 0.3 is 0 Å². The van der Waals surface area contributed by atoms with Crippen molar-refractivity contribution in [1.82, 2.24) is 9.47 Å². The lowest BCUT2D eigenvalue weighted by molar-refractivity contribution is 0.0934. The summed E-state index contributed by atoms with van der Waals surface area (Å²) in [6.45, 7) is 8.42. The number of hydrogen-bond donors (Lipinski definition) is 1. The molecule has 0 aliphatic carbocycles. The molecule has 0 unspecified atom stereocenters. The first kappa shape index (κ1) is 21.6. The second-order valence-corrected chi connectivity index (χ2v) is 7.86. The van der Waals surface area contributed by atoms with E-state index in [-0.39, 0.29) is 12.4 Å². The number of unbranched alkanes of at least 4 members (excludes halogenated alkanes) is 1. The third kappa shape index (κ3) is 4.55. The van der Waals surface area contributed by atoms with Crippen LogP contribution in [-0.2, 0) is 6.61 Å². The molecule has 0 saturated carbocycles. The Morgan fingerprint density at radius 2 is 1.86 bits per heavy atom. The Labute approximate surface area is 177 Å². The van der Waals surface area contributed by atoms with E-state index in [1.54, 1.807) is 0 Å². The van der Waals surface area contributed by atoms with Crippen LogP contribution in [-0.4, -0.2) is 40.0 Å². The number of hydrogen-bond acceptors (Lipinski definition) is 3. The summed E-state index contributed by atoms with van der Waals surface area (Å²) in [6.07, 6.45) is 2.20. The molecule has 0 fully saturated rings. The molecule has 0 saturated heterocycles. The first-order chi connectivity index (χ1) is 14.0. The van der Waals surface area contributed by atoms with Crippen LogP contribution < -0.4 is 0 Å². The van der Waals surface area contributed by atoms with Crippen LogP contribution in [0.2, 0.25) is 5.02 Å². The number of nitrogens with zero attached hydrogens (tertiary/aromatic N) is 2. The summed E-state index contributed by atoms with van der Waals surface area (Å²) in [7, 11) is 0. The van der Waals surface area contributed by atoms with Crippen molar-refractivity contribution in [2.75, 3.05) is 19.6 Å². The van der Waals surface area contributed by atoms with Gasteiger partial charge in [-0.25, -0.2) is 0 Å². The van der Waals surface area contributed by atoms with E-state index in [1.807, 2.05) is 49.4 Å². The van der Waals surface area contributed by atoms with Crippen molar-refractivity contribution in [1.29, 1.82) is 0 Å². The van der Waals surface area contributed by atoms with Crippen LogP contribution in [0, 0.1) is 6.92 Å². The Balaban J connectivity index is 2.11. The van der Waals surface area contributed by atoms with Gasteiger partial charge < -0.3 is 9.67 Å². The molecular weight excluding hydrogens is 384 g/mol. The molecule has 0 aliphatic heterocycles. The van der Waals surface area contributed by atoms with Gasteiger partial charge in [0.05, 0.1) is 18.7 Å². The quantitative estimate of drug-likeness (QED) is 0.479.